The molecule has 0 N–H and O–H groups in total. The molecular weight excluding hydrogens is 176 g/mol. The molecule has 1 aromatic heterocycles. The molecule has 0 aliphatic heterocycles. The van der Waals surface area contributed by atoms with E-state index in [2.05, 4.69) is 16.0 Å². The van der Waals surface area contributed by atoms with Gasteiger partial charge >= 0.3 is 0 Å². The third-order valence-electron chi connectivity index (χ3n) is 2.17. The fourth-order valence-corrected chi connectivity index (χ4v) is 1.56. The number of fused-ring (bicyclic) bond motifs is 1. The van der Waals surface area contributed by atoms with Gasteiger partial charge in [0.15, 0.2) is 0 Å². The molecule has 0 saturated heterocycles. The number of hydrogen-bond donors (Lipinski definition) is 0. The third kappa shape index (κ3) is 1.41. The van der Waals surface area contributed by atoms with Crippen LogP contribution in [0, 0.1) is 13.8 Å². The molecule has 0 aliphatic carbocycles. The second-order valence-corrected chi connectivity index (χ2v) is 3.36. The number of ether oxygens (including phenoxy) is 1. The van der Waals surface area contributed by atoms with Crippen LogP contribution in [0.25, 0.3) is 11.0 Å². The molecule has 0 atom stereocenters. The minimum atomic E-state index is 0.558. The van der Waals surface area contributed by atoms with Gasteiger partial charge in [-0.1, -0.05) is 6.07 Å². The number of nitrogens with zero attached hydrogens (tertiary/aromatic N) is 2. The van der Waals surface area contributed by atoms with Gasteiger partial charge in [0.2, 0.25) is 5.88 Å². The van der Waals surface area contributed by atoms with Crippen LogP contribution in [0.1, 0.15) is 11.1 Å². The van der Waals surface area contributed by atoms with Crippen molar-refractivity contribution < 1.29 is 4.74 Å². The van der Waals surface area contributed by atoms with Crippen molar-refractivity contribution in [2.24, 2.45) is 0 Å². The molecule has 1 heterocycles. The van der Waals surface area contributed by atoms with Gasteiger partial charge in [0.1, 0.15) is 0 Å². The first-order valence-electron chi connectivity index (χ1n) is 4.48. The molecule has 0 spiro atoms. The lowest BCUT2D eigenvalue weighted by atomic mass is 10.1. The Bertz CT molecular complexity index is 480. The molecule has 1 aromatic carbocycles. The van der Waals surface area contributed by atoms with E-state index in [0.717, 1.165) is 16.6 Å². The van der Waals surface area contributed by atoms with Crippen molar-refractivity contribution in [3.63, 3.8) is 0 Å². The van der Waals surface area contributed by atoms with E-state index in [1.165, 1.54) is 5.56 Å². The molecule has 3 nitrogen and oxygen atoms in total. The maximum atomic E-state index is 5.03. The van der Waals surface area contributed by atoms with Crippen molar-refractivity contribution in [1.29, 1.82) is 0 Å². The number of hydrogen-bond acceptors (Lipinski definition) is 3. The van der Waals surface area contributed by atoms with Crippen LogP contribution in [-0.2, 0) is 0 Å². The Labute approximate surface area is 82.8 Å². The van der Waals surface area contributed by atoms with Crippen molar-refractivity contribution in [2.75, 3.05) is 7.11 Å². The Morgan fingerprint density at radius 3 is 2.71 bits per heavy atom. The normalized spacial score (nSPS) is 10.5. The van der Waals surface area contributed by atoms with E-state index in [-0.39, 0.29) is 0 Å². The van der Waals surface area contributed by atoms with Gasteiger partial charge in [-0.05, 0) is 31.0 Å². The van der Waals surface area contributed by atoms with Crippen molar-refractivity contribution >= 4 is 11.0 Å². The Balaban J connectivity index is 2.75. The summed E-state index contributed by atoms with van der Waals surface area (Å²) in [6, 6.07) is 4.11. The summed E-state index contributed by atoms with van der Waals surface area (Å²) < 4.78 is 5.03. The highest BCUT2D eigenvalue weighted by Gasteiger charge is 2.02. The quantitative estimate of drug-likeness (QED) is 0.688. The zero-order valence-electron chi connectivity index (χ0n) is 8.53. The first kappa shape index (κ1) is 8.94. The van der Waals surface area contributed by atoms with E-state index in [1.807, 2.05) is 19.9 Å². The van der Waals surface area contributed by atoms with E-state index in [0.29, 0.717) is 5.88 Å². The van der Waals surface area contributed by atoms with Crippen LogP contribution in [0.5, 0.6) is 5.88 Å². The summed E-state index contributed by atoms with van der Waals surface area (Å²) in [4.78, 5) is 8.64. The van der Waals surface area contributed by atoms with Gasteiger partial charge in [0.05, 0.1) is 24.3 Å². The lowest BCUT2D eigenvalue weighted by molar-refractivity contribution is 0.397. The zero-order valence-corrected chi connectivity index (χ0v) is 8.53. The highest BCUT2D eigenvalue weighted by atomic mass is 16.5. The van der Waals surface area contributed by atoms with E-state index in [4.69, 9.17) is 4.74 Å². The first-order chi connectivity index (χ1) is 6.70. The second kappa shape index (κ2) is 3.25. The molecule has 0 saturated carbocycles. The third-order valence-corrected chi connectivity index (χ3v) is 2.17. The van der Waals surface area contributed by atoms with E-state index < -0.39 is 0 Å². The average molecular weight is 188 g/mol. The fourth-order valence-electron chi connectivity index (χ4n) is 1.56. The molecule has 0 unspecified atom stereocenters. The standard InChI is InChI=1S/C11H12N2O/c1-7-4-8(2)11-9(5-7)13-10(14-3)6-12-11/h4-6H,1-3H3. The van der Waals surface area contributed by atoms with Crippen LogP contribution in [0.2, 0.25) is 0 Å². The fraction of sp³-hybridized carbons (Fsp3) is 0.273. The Morgan fingerprint density at radius 1 is 1.21 bits per heavy atom. The number of aryl methyl sites for hydroxylation is 2. The maximum absolute atomic E-state index is 5.03. The van der Waals surface area contributed by atoms with Crippen LogP contribution >= 0.6 is 0 Å². The van der Waals surface area contributed by atoms with Crippen molar-refractivity contribution in [1.82, 2.24) is 9.97 Å². The minimum absolute atomic E-state index is 0.558. The van der Waals surface area contributed by atoms with Crippen LogP contribution < -0.4 is 4.74 Å². The summed E-state index contributed by atoms with van der Waals surface area (Å²) in [5.74, 6) is 0.558. The minimum Gasteiger partial charge on any atom is -0.480 e. The van der Waals surface area contributed by atoms with Gasteiger partial charge in [-0.15, -0.1) is 0 Å². The number of rotatable bonds is 1. The SMILES string of the molecule is COc1cnc2c(C)cc(C)cc2n1. The summed E-state index contributed by atoms with van der Waals surface area (Å²) in [5.41, 5.74) is 4.17. The largest absolute Gasteiger partial charge is 0.480 e. The number of aromatic nitrogens is 2. The molecule has 2 aromatic rings. The molecule has 14 heavy (non-hydrogen) atoms. The Morgan fingerprint density at radius 2 is 2.00 bits per heavy atom. The lowest BCUT2D eigenvalue weighted by Crippen LogP contribution is -1.92. The second-order valence-electron chi connectivity index (χ2n) is 3.36. The summed E-state index contributed by atoms with van der Waals surface area (Å²) >= 11 is 0. The lowest BCUT2D eigenvalue weighted by Gasteiger charge is -2.04. The van der Waals surface area contributed by atoms with Gasteiger partial charge in [0.25, 0.3) is 0 Å². The zero-order chi connectivity index (χ0) is 10.1. The molecule has 2 rings (SSSR count). The van der Waals surface area contributed by atoms with Gasteiger partial charge in [-0.3, -0.25) is 0 Å². The molecule has 0 aliphatic rings. The predicted octanol–water partition coefficient (Wildman–Crippen LogP) is 2.26. The molecule has 3 heteroatoms. The van der Waals surface area contributed by atoms with Crippen LogP contribution in [0.4, 0.5) is 0 Å². The monoisotopic (exact) mass is 188 g/mol. The Kier molecular flexibility index (Phi) is 2.08. The number of methoxy groups -OCH3 is 1. The molecule has 0 fully saturated rings. The smallest absolute Gasteiger partial charge is 0.232 e. The maximum Gasteiger partial charge on any atom is 0.232 e. The first-order valence-corrected chi connectivity index (χ1v) is 4.48. The van der Waals surface area contributed by atoms with Gasteiger partial charge in [0, 0.05) is 0 Å². The van der Waals surface area contributed by atoms with Crippen molar-refractivity contribution in [3.8, 4) is 5.88 Å². The van der Waals surface area contributed by atoms with Crippen LogP contribution in [0.3, 0.4) is 0 Å². The van der Waals surface area contributed by atoms with Crippen LogP contribution in [0.15, 0.2) is 18.3 Å². The summed E-state index contributed by atoms with van der Waals surface area (Å²) in [6.07, 6.45) is 1.64. The van der Waals surface area contributed by atoms with E-state index in [9.17, 15) is 0 Å². The van der Waals surface area contributed by atoms with Crippen molar-refractivity contribution in [2.45, 2.75) is 13.8 Å². The summed E-state index contributed by atoms with van der Waals surface area (Å²) in [6.45, 7) is 4.09. The topological polar surface area (TPSA) is 35.0 Å². The van der Waals surface area contributed by atoms with Gasteiger partial charge in [-0.2, -0.15) is 0 Å². The van der Waals surface area contributed by atoms with E-state index >= 15 is 0 Å². The van der Waals surface area contributed by atoms with Crippen LogP contribution in [-0.4, -0.2) is 17.1 Å². The van der Waals surface area contributed by atoms with E-state index in [1.54, 1.807) is 13.3 Å². The molecule has 0 amide bonds. The molecule has 0 radical (unpaired) electrons. The van der Waals surface area contributed by atoms with Gasteiger partial charge in [-0.25, -0.2) is 9.97 Å². The number of benzene rings is 1. The molecule has 72 valence electrons. The molecule has 0 bridgehead atoms. The summed E-state index contributed by atoms with van der Waals surface area (Å²) in [7, 11) is 1.60. The predicted molar refractivity (Wildman–Crippen MR) is 55.6 cm³/mol. The highest BCUT2D eigenvalue weighted by Crippen LogP contribution is 2.18. The van der Waals surface area contributed by atoms with Crippen molar-refractivity contribution in [3.05, 3.63) is 29.5 Å². The Hall–Kier alpha value is -1.64. The summed E-state index contributed by atoms with van der Waals surface area (Å²) in [5, 5.41) is 0. The molecular formula is C11H12N2O. The average Bonchev–Trinajstić information content (AvgIpc) is 2.16. The highest BCUT2D eigenvalue weighted by molar-refractivity contribution is 5.78. The van der Waals surface area contributed by atoms with Gasteiger partial charge < -0.3 is 4.74 Å².